The second kappa shape index (κ2) is 8.02. The van der Waals surface area contributed by atoms with E-state index in [9.17, 15) is 13.6 Å². The van der Waals surface area contributed by atoms with Gasteiger partial charge in [-0.3, -0.25) is 9.78 Å². The first-order chi connectivity index (χ1) is 14.1. The van der Waals surface area contributed by atoms with E-state index in [2.05, 4.69) is 15.4 Å². The van der Waals surface area contributed by atoms with Crippen LogP contribution >= 0.6 is 0 Å². The van der Waals surface area contributed by atoms with Gasteiger partial charge in [-0.05, 0) is 36.4 Å². The number of aromatic nitrogens is 3. The summed E-state index contributed by atoms with van der Waals surface area (Å²) in [7, 11) is 0. The molecule has 7 heteroatoms. The molecule has 0 aliphatic heterocycles. The normalized spacial score (nSPS) is 10.7. The highest BCUT2D eigenvalue weighted by molar-refractivity contribution is 5.94. The molecule has 0 spiro atoms. The molecule has 2 aromatic heterocycles. The number of para-hydroxylation sites is 1. The summed E-state index contributed by atoms with van der Waals surface area (Å²) in [6.45, 7) is 0.125. The Hall–Kier alpha value is -3.87. The number of hydrogen-bond acceptors (Lipinski definition) is 3. The molecule has 1 amide bonds. The maximum atomic E-state index is 13.9. The lowest BCUT2D eigenvalue weighted by Crippen LogP contribution is -2.24. The lowest BCUT2D eigenvalue weighted by molar-refractivity contribution is 0.0947. The van der Waals surface area contributed by atoms with Gasteiger partial charge in [0.05, 0.1) is 16.9 Å². The first-order valence-electron chi connectivity index (χ1n) is 8.89. The molecular weight excluding hydrogens is 374 g/mol. The second-order valence-corrected chi connectivity index (χ2v) is 6.33. The van der Waals surface area contributed by atoms with Crippen LogP contribution in [0.15, 0.2) is 79.3 Å². The van der Waals surface area contributed by atoms with Gasteiger partial charge in [0.25, 0.3) is 5.91 Å². The average molecular weight is 390 g/mol. The zero-order chi connectivity index (χ0) is 20.2. The van der Waals surface area contributed by atoms with Crippen molar-refractivity contribution < 1.29 is 13.6 Å². The fourth-order valence-corrected chi connectivity index (χ4v) is 2.95. The van der Waals surface area contributed by atoms with Crippen LogP contribution in [0.5, 0.6) is 0 Å². The summed E-state index contributed by atoms with van der Waals surface area (Å²) in [4.78, 5) is 16.4. The molecule has 0 fully saturated rings. The zero-order valence-corrected chi connectivity index (χ0v) is 15.2. The summed E-state index contributed by atoms with van der Waals surface area (Å²) < 4.78 is 28.7. The van der Waals surface area contributed by atoms with Gasteiger partial charge in [0.2, 0.25) is 0 Å². The fourth-order valence-electron chi connectivity index (χ4n) is 2.95. The van der Waals surface area contributed by atoms with Crippen molar-refractivity contribution in [1.29, 1.82) is 0 Å². The number of halogens is 2. The van der Waals surface area contributed by atoms with Crippen molar-refractivity contribution in [1.82, 2.24) is 20.1 Å². The minimum absolute atomic E-state index is 0.125. The molecule has 5 nitrogen and oxygen atoms in total. The summed E-state index contributed by atoms with van der Waals surface area (Å²) in [5.41, 5.74) is 2.91. The largest absolute Gasteiger partial charge is 0.348 e. The number of rotatable bonds is 5. The first kappa shape index (κ1) is 18.5. The minimum atomic E-state index is -0.906. The molecular formula is C22H16F2N4O. The van der Waals surface area contributed by atoms with Crippen molar-refractivity contribution in [2.75, 3.05) is 0 Å². The van der Waals surface area contributed by atoms with Gasteiger partial charge in [0.1, 0.15) is 11.6 Å². The molecule has 0 saturated heterocycles. The van der Waals surface area contributed by atoms with Gasteiger partial charge in [0.15, 0.2) is 0 Å². The molecule has 0 radical (unpaired) electrons. The molecule has 29 heavy (non-hydrogen) atoms. The van der Waals surface area contributed by atoms with Gasteiger partial charge in [-0.2, -0.15) is 5.10 Å². The Morgan fingerprint density at radius 2 is 1.76 bits per heavy atom. The SMILES string of the molecule is O=C(NCc1cn(-c2ccccc2)nc1-c1ccncc1)c1ccc(F)cc1F. The lowest BCUT2D eigenvalue weighted by atomic mass is 10.1. The smallest absolute Gasteiger partial charge is 0.254 e. The molecule has 0 unspecified atom stereocenters. The van der Waals surface area contributed by atoms with E-state index in [0.29, 0.717) is 11.8 Å². The van der Waals surface area contributed by atoms with Crippen molar-refractivity contribution in [3.63, 3.8) is 0 Å². The molecule has 0 aliphatic rings. The van der Waals surface area contributed by atoms with E-state index in [1.165, 1.54) is 0 Å². The van der Waals surface area contributed by atoms with Gasteiger partial charge >= 0.3 is 0 Å². The second-order valence-electron chi connectivity index (χ2n) is 6.33. The quantitative estimate of drug-likeness (QED) is 0.557. The molecule has 1 N–H and O–H groups in total. The molecule has 144 valence electrons. The molecule has 0 aliphatic carbocycles. The van der Waals surface area contributed by atoms with Gasteiger partial charge < -0.3 is 5.32 Å². The Bertz CT molecular complexity index is 1140. The van der Waals surface area contributed by atoms with E-state index >= 15 is 0 Å². The van der Waals surface area contributed by atoms with Gasteiger partial charge in [0, 0.05) is 42.3 Å². The zero-order valence-electron chi connectivity index (χ0n) is 15.2. The number of pyridine rings is 1. The summed E-state index contributed by atoms with van der Waals surface area (Å²) >= 11 is 0. The van der Waals surface area contributed by atoms with E-state index in [0.717, 1.165) is 28.9 Å². The Morgan fingerprint density at radius 3 is 2.48 bits per heavy atom. The van der Waals surface area contributed by atoms with Crippen molar-refractivity contribution in [3.05, 3.63) is 102 Å². The highest BCUT2D eigenvalue weighted by Gasteiger charge is 2.16. The summed E-state index contributed by atoms with van der Waals surface area (Å²) in [5, 5.41) is 7.32. The number of nitrogens with one attached hydrogen (secondary N) is 1. The molecule has 0 saturated carbocycles. The van der Waals surface area contributed by atoms with Crippen LogP contribution in [0.1, 0.15) is 15.9 Å². The third kappa shape index (κ3) is 4.03. The van der Waals surface area contributed by atoms with Gasteiger partial charge in [-0.15, -0.1) is 0 Å². The minimum Gasteiger partial charge on any atom is -0.348 e. The van der Waals surface area contributed by atoms with E-state index in [4.69, 9.17) is 0 Å². The Kier molecular flexibility index (Phi) is 5.11. The van der Waals surface area contributed by atoms with Crippen LogP contribution < -0.4 is 5.32 Å². The van der Waals surface area contributed by atoms with Gasteiger partial charge in [-0.25, -0.2) is 13.5 Å². The van der Waals surface area contributed by atoms with Crippen LogP contribution in [0, 0.1) is 11.6 Å². The Morgan fingerprint density at radius 1 is 1.00 bits per heavy atom. The fraction of sp³-hybridized carbons (Fsp3) is 0.0455. The third-order valence-corrected chi connectivity index (χ3v) is 4.38. The van der Waals surface area contributed by atoms with Crippen LogP contribution in [-0.4, -0.2) is 20.7 Å². The third-order valence-electron chi connectivity index (χ3n) is 4.38. The molecule has 4 aromatic rings. The molecule has 0 bridgehead atoms. The maximum Gasteiger partial charge on any atom is 0.254 e. The number of carbonyl (C=O) groups excluding carboxylic acids is 1. The van der Waals surface area contributed by atoms with E-state index < -0.39 is 17.5 Å². The predicted molar refractivity (Wildman–Crippen MR) is 104 cm³/mol. The van der Waals surface area contributed by atoms with Crippen molar-refractivity contribution in [2.24, 2.45) is 0 Å². The van der Waals surface area contributed by atoms with Crippen LogP contribution in [0.2, 0.25) is 0 Å². The van der Waals surface area contributed by atoms with Gasteiger partial charge in [-0.1, -0.05) is 18.2 Å². The number of nitrogens with zero attached hydrogens (tertiary/aromatic N) is 3. The standard InChI is InChI=1S/C22H16F2N4O/c23-17-6-7-19(20(24)12-17)22(29)26-13-16-14-28(18-4-2-1-3-5-18)27-21(16)15-8-10-25-11-9-15/h1-12,14H,13H2,(H,26,29). The molecule has 4 rings (SSSR count). The van der Waals surface area contributed by atoms with E-state index in [-0.39, 0.29) is 12.1 Å². The monoisotopic (exact) mass is 390 g/mol. The molecule has 2 heterocycles. The average Bonchev–Trinajstić information content (AvgIpc) is 3.18. The van der Waals surface area contributed by atoms with Crippen LogP contribution in [0.25, 0.3) is 16.9 Å². The topological polar surface area (TPSA) is 59.8 Å². The highest BCUT2D eigenvalue weighted by atomic mass is 19.1. The number of hydrogen-bond donors (Lipinski definition) is 1. The van der Waals surface area contributed by atoms with Crippen LogP contribution in [-0.2, 0) is 6.54 Å². The van der Waals surface area contributed by atoms with Crippen molar-refractivity contribution in [3.8, 4) is 16.9 Å². The predicted octanol–water partition coefficient (Wildman–Crippen LogP) is 4.14. The number of benzene rings is 2. The molecule has 2 aromatic carbocycles. The highest BCUT2D eigenvalue weighted by Crippen LogP contribution is 2.23. The maximum absolute atomic E-state index is 13.9. The molecule has 0 atom stereocenters. The summed E-state index contributed by atoms with van der Waals surface area (Å²) in [5.74, 6) is -2.27. The van der Waals surface area contributed by atoms with E-state index in [1.807, 2.05) is 48.7 Å². The van der Waals surface area contributed by atoms with Crippen LogP contribution in [0.4, 0.5) is 8.78 Å². The number of amides is 1. The van der Waals surface area contributed by atoms with E-state index in [1.54, 1.807) is 17.1 Å². The summed E-state index contributed by atoms with van der Waals surface area (Å²) in [6.07, 6.45) is 5.13. The number of carbonyl (C=O) groups is 1. The van der Waals surface area contributed by atoms with Crippen LogP contribution in [0.3, 0.4) is 0 Å². The van der Waals surface area contributed by atoms with Crippen molar-refractivity contribution in [2.45, 2.75) is 6.54 Å². The first-order valence-corrected chi connectivity index (χ1v) is 8.89. The Labute approximate surface area is 165 Å². The lowest BCUT2D eigenvalue weighted by Gasteiger charge is -2.06. The van der Waals surface area contributed by atoms with Crippen molar-refractivity contribution >= 4 is 5.91 Å². The Balaban J connectivity index is 1.63. The summed E-state index contributed by atoms with van der Waals surface area (Å²) in [6, 6.07) is 16.1.